The third kappa shape index (κ3) is 38.0. The van der Waals surface area contributed by atoms with Crippen molar-refractivity contribution in [2.75, 3.05) is 51.6 Å². The van der Waals surface area contributed by atoms with Crippen LogP contribution in [0.25, 0.3) is 5.57 Å². The number of quaternary nitrogens is 1. The van der Waals surface area contributed by atoms with Gasteiger partial charge in [0, 0.05) is 24.7 Å². The lowest BCUT2D eigenvalue weighted by atomic mass is 9.94. The van der Waals surface area contributed by atoms with Crippen LogP contribution in [-0.4, -0.2) is 74.8 Å². The summed E-state index contributed by atoms with van der Waals surface area (Å²) in [6.45, 7) is 37.8. The summed E-state index contributed by atoms with van der Waals surface area (Å²) in [6.07, 6.45) is 31.9. The van der Waals surface area contributed by atoms with Crippen molar-refractivity contribution in [3.8, 4) is 5.75 Å². The van der Waals surface area contributed by atoms with Crippen molar-refractivity contribution in [1.82, 2.24) is 4.98 Å². The fraction of sp³-hybridized carbons (Fsp3) is 0.676. The molecule has 0 spiro atoms. The predicted octanol–water partition coefficient (Wildman–Crippen LogP) is 21.3. The smallest absolute Gasteiger partial charge is 0.173 e. The molecule has 3 aliphatic rings. The van der Waals surface area contributed by atoms with Gasteiger partial charge < -0.3 is 29.0 Å². The number of likely N-dealkylation sites (N-methyl/N-ethyl adjacent to an activating group) is 1. The Kier molecular flexibility index (Phi) is 47.9. The van der Waals surface area contributed by atoms with E-state index in [1.54, 1.807) is 14.0 Å². The number of Topliss-reactive ketones (excluding diaryl/α,β-unsaturated/α-hetero) is 2. The van der Waals surface area contributed by atoms with Crippen molar-refractivity contribution in [3.05, 3.63) is 100 Å². The SMILES string of the molecule is C1CCCC1.CC=O.CCC/C=C1/Nc2ccc(C)cc2N1C.CCCC.CCCC(=O)C(CCC)Oc1ccc(C)cc1.CCCC(C)CCC(C)CC.CCCCC(C)CC.COC1=C(c2cc(C(C)=O)cc(C)n2)C[N+](C)(C)CC1. The Bertz CT molecular complexity index is 2180. The van der Waals surface area contributed by atoms with Crippen LogP contribution in [0, 0.1) is 38.5 Å². The largest absolute Gasteiger partial charge is 0.500 e. The number of aryl methyl sites for hydroxylation is 3. The quantitative estimate of drug-likeness (QED) is 0.0570. The van der Waals surface area contributed by atoms with E-state index in [-0.39, 0.29) is 17.7 Å². The van der Waals surface area contributed by atoms with E-state index in [0.717, 1.165) is 102 Å². The first kappa shape index (κ1) is 80.3. The molecule has 0 radical (unpaired) electrons. The summed E-state index contributed by atoms with van der Waals surface area (Å²) >= 11 is 0. The van der Waals surface area contributed by atoms with Gasteiger partial charge in [0.25, 0.3) is 0 Å². The summed E-state index contributed by atoms with van der Waals surface area (Å²) in [5.74, 6) is 6.13. The fourth-order valence-electron chi connectivity index (χ4n) is 9.26. The maximum Gasteiger partial charge on any atom is 0.173 e. The number of ketones is 2. The fourth-order valence-corrected chi connectivity index (χ4v) is 9.26. The highest BCUT2D eigenvalue weighted by Gasteiger charge is 2.29. The van der Waals surface area contributed by atoms with Gasteiger partial charge in [-0.05, 0) is 120 Å². The van der Waals surface area contributed by atoms with Gasteiger partial charge in [0.1, 0.15) is 30.2 Å². The first-order valence-corrected chi connectivity index (χ1v) is 33.1. The zero-order valence-electron chi connectivity index (χ0n) is 57.7. The first-order chi connectivity index (χ1) is 39.5. The van der Waals surface area contributed by atoms with Gasteiger partial charge in [0.05, 0.1) is 56.8 Å². The van der Waals surface area contributed by atoms with Gasteiger partial charge in [0.15, 0.2) is 17.7 Å². The highest BCUT2D eigenvalue weighted by atomic mass is 16.5. The number of aromatic nitrogens is 1. The highest BCUT2D eigenvalue weighted by molar-refractivity contribution is 5.95. The summed E-state index contributed by atoms with van der Waals surface area (Å²) in [4.78, 5) is 39.1. The molecule has 3 heterocycles. The molecule has 2 aromatic carbocycles. The molecule has 1 fully saturated rings. The molecule has 474 valence electrons. The molecule has 1 aliphatic carbocycles. The molecular weight excluding hydrogens is 1020 g/mol. The van der Waals surface area contributed by atoms with Crippen LogP contribution < -0.4 is 15.0 Å². The zero-order valence-corrected chi connectivity index (χ0v) is 57.7. The molecule has 0 bridgehead atoms. The number of carbonyl (C=O) groups excluding carboxylic acids is 3. The van der Waals surface area contributed by atoms with Crippen LogP contribution in [0.2, 0.25) is 0 Å². The van der Waals surface area contributed by atoms with Gasteiger partial charge >= 0.3 is 0 Å². The van der Waals surface area contributed by atoms with E-state index in [4.69, 9.17) is 14.3 Å². The van der Waals surface area contributed by atoms with E-state index in [1.807, 2.05) is 57.2 Å². The van der Waals surface area contributed by atoms with E-state index in [2.05, 4.69) is 144 Å². The molecule has 3 aromatic rings. The number of nitrogens with zero attached hydrogens (tertiary/aromatic N) is 3. The van der Waals surface area contributed by atoms with E-state index < -0.39 is 0 Å². The van der Waals surface area contributed by atoms with E-state index in [0.29, 0.717) is 12.0 Å². The van der Waals surface area contributed by atoms with Crippen LogP contribution in [0.15, 0.2) is 72.3 Å². The number of benzene rings is 2. The van der Waals surface area contributed by atoms with Crippen molar-refractivity contribution in [1.29, 1.82) is 0 Å². The number of rotatable bonds is 23. The Balaban J connectivity index is 0. The van der Waals surface area contributed by atoms with Crippen molar-refractivity contribution >= 4 is 34.8 Å². The van der Waals surface area contributed by atoms with Crippen molar-refractivity contribution in [2.24, 2.45) is 17.8 Å². The number of allylic oxidation sites excluding steroid dienone is 1. The molecule has 0 saturated heterocycles. The molecule has 6 rings (SSSR count). The summed E-state index contributed by atoms with van der Waals surface area (Å²) in [6, 6.07) is 18.1. The topological polar surface area (TPSA) is 97.8 Å². The summed E-state index contributed by atoms with van der Waals surface area (Å²) in [5, 5.41) is 3.43. The second kappa shape index (κ2) is 49.5. The van der Waals surface area contributed by atoms with Crippen LogP contribution in [0.4, 0.5) is 11.4 Å². The van der Waals surface area contributed by atoms with Crippen molar-refractivity contribution in [2.45, 2.75) is 271 Å². The standard InChI is InChI=1S/C16H23N2O2.C15H22O2.C13H18N2.C11H24.C8H18.C5H10.C4H10.C2H4O/c1-11-8-13(12(2)19)9-15(17-11)14-10-18(3,4)7-6-16(14)20-5;1-4-6-14(16)15(7-5-2)17-13-10-8-12(3)9-11-13;1-4-5-6-13-14-11-8-7-10(2)9-12(11)15(13)3;1-5-7-11(4)9-8-10(3)6-2;1-4-6-7-8(3)5-2;1-2-4-5-3-1;1-3-4-2;1-2-3/h8-9H,6-7,10H2,1-5H3;8-11,15H,4-7H2,1-3H3;6-9,14H,4-5H2,1-3H3;10-11H,5-9H2,1-4H3;8H,4-7H2,1-3H3;1-5H2;3-4H2,1-2H3;2H,1H3/q+1;;;;;;;/b;;13-6-;;;;;. The number of pyridine rings is 1. The molecule has 9 heteroatoms. The maximum absolute atomic E-state index is 11.9. The van der Waals surface area contributed by atoms with Gasteiger partial charge in [-0.15, -0.1) is 0 Å². The third-order valence-electron chi connectivity index (χ3n) is 15.4. The van der Waals surface area contributed by atoms with Crippen LogP contribution in [-0.2, 0) is 14.3 Å². The average Bonchev–Trinajstić information content (AvgIpc) is 4.36. The predicted molar refractivity (Wildman–Crippen MR) is 363 cm³/mol. The number of nitrogens with one attached hydrogen (secondary N) is 1. The van der Waals surface area contributed by atoms with Crippen molar-refractivity contribution < 1.29 is 28.3 Å². The molecular formula is C74H129N4O5+. The normalized spacial score (nSPS) is 15.3. The van der Waals surface area contributed by atoms with Gasteiger partial charge in [-0.1, -0.05) is 222 Å². The van der Waals surface area contributed by atoms with E-state index in [9.17, 15) is 9.59 Å². The zero-order chi connectivity index (χ0) is 63.2. The number of methoxy groups -OCH3 is 1. The summed E-state index contributed by atoms with van der Waals surface area (Å²) in [7, 11) is 8.23. The minimum atomic E-state index is -0.275. The van der Waals surface area contributed by atoms with E-state index >= 15 is 0 Å². The molecule has 1 N–H and O–H groups in total. The minimum Gasteiger partial charge on any atom is -0.500 e. The van der Waals surface area contributed by atoms with E-state index in [1.165, 1.54) is 144 Å². The van der Waals surface area contributed by atoms with Crippen molar-refractivity contribution in [3.63, 3.8) is 0 Å². The lowest BCUT2D eigenvalue weighted by molar-refractivity contribution is -0.884. The number of ether oxygens (including phenoxy) is 2. The molecule has 2 aliphatic heterocycles. The number of hydrogen-bond acceptors (Lipinski definition) is 8. The number of aldehydes is 1. The Morgan fingerprint density at radius 3 is 1.75 bits per heavy atom. The molecule has 9 nitrogen and oxygen atoms in total. The molecule has 0 amide bonds. The number of hydrogen-bond donors (Lipinski definition) is 1. The van der Waals surface area contributed by atoms with Gasteiger partial charge in [-0.2, -0.15) is 0 Å². The number of unbranched alkanes of at least 4 members (excludes halogenated alkanes) is 3. The first-order valence-electron chi connectivity index (χ1n) is 33.1. The second-order valence-corrected chi connectivity index (χ2v) is 24.3. The maximum atomic E-state index is 11.9. The molecule has 83 heavy (non-hydrogen) atoms. The molecule has 1 saturated carbocycles. The molecule has 4 atom stereocenters. The Morgan fingerprint density at radius 1 is 0.699 bits per heavy atom. The Labute approximate surface area is 512 Å². The third-order valence-corrected chi connectivity index (χ3v) is 15.4. The van der Waals surface area contributed by atoms with Gasteiger partial charge in [0.2, 0.25) is 0 Å². The molecule has 4 unspecified atom stereocenters. The Hall–Kier alpha value is -4.76. The average molecular weight is 1150 g/mol. The van der Waals surface area contributed by atoms with Crippen LogP contribution in [0.1, 0.15) is 277 Å². The molecule has 1 aromatic heterocycles. The number of anilines is 2. The van der Waals surface area contributed by atoms with Crippen LogP contribution in [0.5, 0.6) is 5.75 Å². The van der Waals surface area contributed by atoms with Crippen LogP contribution >= 0.6 is 0 Å². The lowest BCUT2D eigenvalue weighted by Gasteiger charge is -2.35. The van der Waals surface area contributed by atoms with Crippen LogP contribution in [0.3, 0.4) is 0 Å². The summed E-state index contributed by atoms with van der Waals surface area (Å²) < 4.78 is 12.2. The number of carbonyl (C=O) groups is 3. The number of fused-ring (bicyclic) bond motifs is 1. The summed E-state index contributed by atoms with van der Waals surface area (Å²) in [5.41, 5.74) is 8.57. The lowest BCUT2D eigenvalue weighted by Crippen LogP contribution is -2.44. The second-order valence-electron chi connectivity index (χ2n) is 24.3. The minimum absolute atomic E-state index is 0.0703. The Morgan fingerprint density at radius 2 is 1.25 bits per heavy atom. The van der Waals surface area contributed by atoms with Gasteiger partial charge in [-0.25, -0.2) is 0 Å². The van der Waals surface area contributed by atoms with Gasteiger partial charge in [-0.3, -0.25) is 14.6 Å². The highest BCUT2D eigenvalue weighted by Crippen LogP contribution is 2.36. The monoisotopic (exact) mass is 1150 g/mol.